The van der Waals surface area contributed by atoms with Crippen LogP contribution in [0.2, 0.25) is 5.02 Å². The van der Waals surface area contributed by atoms with Crippen molar-refractivity contribution in [1.82, 2.24) is 10.2 Å². The molecule has 0 aromatic heterocycles. The highest BCUT2D eigenvalue weighted by molar-refractivity contribution is 6.31. The number of nitrogens with one attached hydrogen (secondary N) is 1. The van der Waals surface area contributed by atoms with Crippen LogP contribution >= 0.6 is 11.6 Å². The summed E-state index contributed by atoms with van der Waals surface area (Å²) in [6.45, 7) is 6.14. The molecule has 1 N–H and O–H groups in total. The Kier molecular flexibility index (Phi) is 6.60. The normalized spacial score (nSPS) is 11.2. The first-order valence-electron chi connectivity index (χ1n) is 8.65. The molecule has 0 bridgehead atoms. The van der Waals surface area contributed by atoms with Gasteiger partial charge in [-0.15, -0.1) is 0 Å². The fourth-order valence-corrected chi connectivity index (χ4v) is 2.75. The third-order valence-corrected chi connectivity index (χ3v) is 4.65. The van der Waals surface area contributed by atoms with E-state index in [9.17, 15) is 14.0 Å². The quantitative estimate of drug-likeness (QED) is 0.833. The summed E-state index contributed by atoms with van der Waals surface area (Å²) in [5.74, 6) is -1.14. The second kappa shape index (κ2) is 8.53. The van der Waals surface area contributed by atoms with Gasteiger partial charge in [-0.1, -0.05) is 50.6 Å². The molecule has 0 spiro atoms. The van der Waals surface area contributed by atoms with Crippen molar-refractivity contribution in [2.45, 2.75) is 32.7 Å². The van der Waals surface area contributed by atoms with Gasteiger partial charge in [-0.05, 0) is 35.2 Å². The molecule has 2 aromatic rings. The van der Waals surface area contributed by atoms with Gasteiger partial charge in [0.1, 0.15) is 5.82 Å². The van der Waals surface area contributed by atoms with Crippen LogP contribution in [0.5, 0.6) is 0 Å². The molecule has 0 heterocycles. The predicted octanol–water partition coefficient (Wildman–Crippen LogP) is 4.17. The second-order valence-electron chi connectivity index (χ2n) is 7.46. The summed E-state index contributed by atoms with van der Waals surface area (Å²) < 4.78 is 13.8. The van der Waals surface area contributed by atoms with Gasteiger partial charge in [0.05, 0.1) is 6.54 Å². The predicted molar refractivity (Wildman–Crippen MR) is 105 cm³/mol. The molecule has 0 atom stereocenters. The molecule has 27 heavy (non-hydrogen) atoms. The van der Waals surface area contributed by atoms with E-state index in [1.165, 1.54) is 24.1 Å². The summed E-state index contributed by atoms with van der Waals surface area (Å²) in [6, 6.07) is 11.7. The molecule has 2 aromatic carbocycles. The van der Waals surface area contributed by atoms with Crippen LogP contribution in [-0.4, -0.2) is 30.3 Å². The monoisotopic (exact) mass is 390 g/mol. The van der Waals surface area contributed by atoms with Crippen molar-refractivity contribution in [3.63, 3.8) is 0 Å². The lowest BCUT2D eigenvalue weighted by Gasteiger charge is -2.20. The molecule has 4 nitrogen and oxygen atoms in total. The van der Waals surface area contributed by atoms with Gasteiger partial charge in [0, 0.05) is 29.7 Å². The Bertz CT molecular complexity index is 809. The molecular formula is C21H24ClFN2O2. The summed E-state index contributed by atoms with van der Waals surface area (Å²) in [5, 5.41) is 2.86. The Balaban J connectivity index is 1.93. The maximum absolute atomic E-state index is 13.8. The Morgan fingerprint density at radius 2 is 1.74 bits per heavy atom. The molecular weight excluding hydrogens is 367 g/mol. The summed E-state index contributed by atoms with van der Waals surface area (Å²) in [7, 11) is 1.54. The van der Waals surface area contributed by atoms with Crippen molar-refractivity contribution in [3.8, 4) is 0 Å². The number of likely N-dealkylation sites (N-methyl/N-ethyl adjacent to an activating group) is 1. The van der Waals surface area contributed by atoms with E-state index >= 15 is 0 Å². The minimum absolute atomic E-state index is 0.00166. The zero-order chi connectivity index (χ0) is 20.2. The van der Waals surface area contributed by atoms with Crippen LogP contribution in [0, 0.1) is 5.82 Å². The van der Waals surface area contributed by atoms with E-state index in [2.05, 4.69) is 26.1 Å². The summed E-state index contributed by atoms with van der Waals surface area (Å²) in [4.78, 5) is 25.8. The molecule has 0 aliphatic rings. The number of carbonyl (C=O) groups is 2. The van der Waals surface area contributed by atoms with Crippen molar-refractivity contribution in [1.29, 1.82) is 0 Å². The number of halogens is 2. The van der Waals surface area contributed by atoms with Crippen molar-refractivity contribution in [2.75, 3.05) is 13.6 Å². The lowest BCUT2D eigenvalue weighted by molar-refractivity contribution is -0.129. The molecule has 0 saturated carbocycles. The van der Waals surface area contributed by atoms with Crippen molar-refractivity contribution < 1.29 is 14.0 Å². The summed E-state index contributed by atoms with van der Waals surface area (Å²) in [6.07, 6.45) is 0. The fourth-order valence-electron chi connectivity index (χ4n) is 2.52. The van der Waals surface area contributed by atoms with Crippen LogP contribution in [0.15, 0.2) is 42.5 Å². The summed E-state index contributed by atoms with van der Waals surface area (Å²) in [5.41, 5.74) is 1.85. The molecule has 0 aliphatic carbocycles. The van der Waals surface area contributed by atoms with Gasteiger partial charge in [-0.25, -0.2) is 4.39 Å². The average molecular weight is 391 g/mol. The molecule has 0 aliphatic heterocycles. The number of rotatable bonds is 5. The number of benzene rings is 2. The maximum Gasteiger partial charge on any atom is 0.251 e. The fraction of sp³-hybridized carbons (Fsp3) is 0.333. The van der Waals surface area contributed by atoms with Gasteiger partial charge < -0.3 is 10.2 Å². The third-order valence-electron chi connectivity index (χ3n) is 4.30. The van der Waals surface area contributed by atoms with E-state index < -0.39 is 5.82 Å². The number of hydrogen-bond acceptors (Lipinski definition) is 2. The van der Waals surface area contributed by atoms with Crippen molar-refractivity contribution in [3.05, 3.63) is 70.0 Å². The zero-order valence-corrected chi connectivity index (χ0v) is 16.7. The number of amides is 2. The molecule has 0 fully saturated rings. The molecule has 0 saturated heterocycles. The minimum Gasteiger partial charge on any atom is -0.343 e. The standard InChI is InChI=1S/C21H24ClFN2O2/c1-21(2,3)15-10-8-14(9-11-15)20(27)24-12-19(26)25(4)13-16-17(22)6-5-7-18(16)23/h5-11H,12-13H2,1-4H3,(H,24,27). The van der Waals surface area contributed by atoms with Gasteiger partial charge in [0.25, 0.3) is 5.91 Å². The van der Waals surface area contributed by atoms with Gasteiger partial charge in [-0.2, -0.15) is 0 Å². The van der Waals surface area contributed by atoms with Crippen LogP contribution in [-0.2, 0) is 16.8 Å². The maximum atomic E-state index is 13.8. The second-order valence-corrected chi connectivity index (χ2v) is 7.87. The van der Waals surface area contributed by atoms with Crippen molar-refractivity contribution in [2.24, 2.45) is 0 Å². The van der Waals surface area contributed by atoms with Crippen molar-refractivity contribution >= 4 is 23.4 Å². The molecule has 6 heteroatoms. The van der Waals surface area contributed by atoms with Crippen LogP contribution in [0.4, 0.5) is 4.39 Å². The Morgan fingerprint density at radius 3 is 2.30 bits per heavy atom. The first kappa shape index (κ1) is 20.9. The van der Waals surface area contributed by atoms with Gasteiger partial charge in [0.15, 0.2) is 0 Å². The van der Waals surface area contributed by atoms with Crippen LogP contribution < -0.4 is 5.32 Å². The number of nitrogens with zero attached hydrogens (tertiary/aromatic N) is 1. The number of carbonyl (C=O) groups excluding carboxylic acids is 2. The zero-order valence-electron chi connectivity index (χ0n) is 16.0. The first-order chi connectivity index (χ1) is 12.6. The van der Waals surface area contributed by atoms with E-state index in [1.54, 1.807) is 18.2 Å². The van der Waals surface area contributed by atoms with E-state index in [1.807, 2.05) is 12.1 Å². The highest BCUT2D eigenvalue weighted by Crippen LogP contribution is 2.22. The number of hydrogen-bond donors (Lipinski definition) is 1. The molecule has 2 amide bonds. The smallest absolute Gasteiger partial charge is 0.251 e. The SMILES string of the molecule is CN(Cc1c(F)cccc1Cl)C(=O)CNC(=O)c1ccc(C(C)(C)C)cc1. The average Bonchev–Trinajstić information content (AvgIpc) is 2.61. The lowest BCUT2D eigenvalue weighted by Crippen LogP contribution is -2.38. The largest absolute Gasteiger partial charge is 0.343 e. The molecule has 0 unspecified atom stereocenters. The van der Waals surface area contributed by atoms with Crippen LogP contribution in [0.1, 0.15) is 42.3 Å². The van der Waals surface area contributed by atoms with Gasteiger partial charge in [-0.3, -0.25) is 9.59 Å². The van der Waals surface area contributed by atoms with E-state index in [-0.39, 0.29) is 40.9 Å². The van der Waals surface area contributed by atoms with Gasteiger partial charge in [0.2, 0.25) is 5.91 Å². The topological polar surface area (TPSA) is 49.4 Å². The lowest BCUT2D eigenvalue weighted by atomic mass is 9.87. The Morgan fingerprint density at radius 1 is 1.11 bits per heavy atom. The van der Waals surface area contributed by atoms with E-state index in [0.717, 1.165) is 5.56 Å². The highest BCUT2D eigenvalue weighted by atomic mass is 35.5. The highest BCUT2D eigenvalue weighted by Gasteiger charge is 2.17. The van der Waals surface area contributed by atoms with E-state index in [4.69, 9.17) is 11.6 Å². The molecule has 2 rings (SSSR count). The molecule has 0 radical (unpaired) electrons. The Labute approximate surface area is 164 Å². The van der Waals surface area contributed by atoms with Crippen LogP contribution in [0.3, 0.4) is 0 Å². The molecule has 144 valence electrons. The minimum atomic E-state index is -0.467. The van der Waals surface area contributed by atoms with Gasteiger partial charge >= 0.3 is 0 Å². The summed E-state index contributed by atoms with van der Waals surface area (Å²) >= 11 is 5.98. The third kappa shape index (κ3) is 5.54. The van der Waals surface area contributed by atoms with E-state index in [0.29, 0.717) is 5.56 Å². The Hall–Kier alpha value is -2.40. The first-order valence-corrected chi connectivity index (χ1v) is 9.03. The van der Waals surface area contributed by atoms with Crippen LogP contribution in [0.25, 0.3) is 0 Å².